The zero-order chi connectivity index (χ0) is 21.5. The normalized spacial score (nSPS) is 20.1. The van der Waals surface area contributed by atoms with Crippen molar-refractivity contribution in [2.45, 2.75) is 38.5 Å². The van der Waals surface area contributed by atoms with Crippen LogP contribution in [0.2, 0.25) is 0 Å². The fraction of sp³-hybridized carbons (Fsp3) is 0.455. The van der Waals surface area contributed by atoms with Gasteiger partial charge >= 0.3 is 0 Å². The molecule has 2 aromatic heterocycles. The Kier molecular flexibility index (Phi) is 5.51. The molecule has 1 saturated heterocycles. The topological polar surface area (TPSA) is 99.3 Å². The molecule has 1 unspecified atom stereocenters. The molecule has 9 heteroatoms. The number of thiophene rings is 1. The van der Waals surface area contributed by atoms with Crippen molar-refractivity contribution in [1.82, 2.24) is 20.6 Å². The summed E-state index contributed by atoms with van der Waals surface area (Å²) in [4.78, 5) is 12.3. The summed E-state index contributed by atoms with van der Waals surface area (Å²) in [5.74, 6) is -0.164. The van der Waals surface area contributed by atoms with Crippen LogP contribution in [0.15, 0.2) is 18.3 Å². The van der Waals surface area contributed by atoms with Crippen molar-refractivity contribution in [3.8, 4) is 0 Å². The summed E-state index contributed by atoms with van der Waals surface area (Å²) in [6.07, 6.45) is 3.17. The molecule has 31 heavy (non-hydrogen) atoms. The summed E-state index contributed by atoms with van der Waals surface area (Å²) in [6, 6.07) is 3.74. The van der Waals surface area contributed by atoms with E-state index in [0.29, 0.717) is 28.2 Å². The van der Waals surface area contributed by atoms with Crippen molar-refractivity contribution in [2.75, 3.05) is 36.8 Å². The predicted octanol–water partition coefficient (Wildman–Crippen LogP) is 2.27. The average molecular weight is 443 g/mol. The summed E-state index contributed by atoms with van der Waals surface area (Å²) >= 11 is 1.36. The van der Waals surface area contributed by atoms with Crippen LogP contribution in [0.4, 0.5) is 15.8 Å². The van der Waals surface area contributed by atoms with Crippen LogP contribution in [-0.4, -0.2) is 47.3 Å². The van der Waals surface area contributed by atoms with Crippen molar-refractivity contribution in [3.63, 3.8) is 0 Å². The number of aromatic nitrogens is 2. The number of nitrogens with two attached hydrogens (primary N) is 1. The first kappa shape index (κ1) is 20.6. The van der Waals surface area contributed by atoms with E-state index in [1.807, 2.05) is 13.0 Å². The molecule has 1 aliphatic heterocycles. The molecule has 0 radical (unpaired) electrons. The van der Waals surface area contributed by atoms with Gasteiger partial charge in [-0.1, -0.05) is 0 Å². The maximum atomic E-state index is 14.9. The predicted molar refractivity (Wildman–Crippen MR) is 122 cm³/mol. The Morgan fingerprint density at radius 3 is 2.94 bits per heavy atom. The zero-order valence-corrected chi connectivity index (χ0v) is 18.3. The molecule has 0 spiro atoms. The molecule has 3 heterocycles. The molecule has 1 aromatic carbocycles. The summed E-state index contributed by atoms with van der Waals surface area (Å²) in [5, 5.41) is 17.4. The highest BCUT2D eigenvalue weighted by atomic mass is 32.1. The Morgan fingerprint density at radius 2 is 2.13 bits per heavy atom. The summed E-state index contributed by atoms with van der Waals surface area (Å²) < 4.78 is 14.9. The number of aryl methyl sites for hydroxylation is 2. The van der Waals surface area contributed by atoms with Crippen LogP contribution in [0, 0.1) is 12.7 Å². The van der Waals surface area contributed by atoms with Crippen molar-refractivity contribution in [3.05, 3.63) is 45.8 Å². The second-order valence-electron chi connectivity index (χ2n) is 8.36. The third-order valence-electron chi connectivity index (χ3n) is 6.19. The number of nitrogen functional groups attached to an aromatic ring is 1. The number of aliphatic hydroxyl groups excluding tert-OH is 1. The van der Waals surface area contributed by atoms with Gasteiger partial charge < -0.3 is 21.1 Å². The molecule has 0 saturated carbocycles. The van der Waals surface area contributed by atoms with E-state index in [9.17, 15) is 9.50 Å². The van der Waals surface area contributed by atoms with Gasteiger partial charge in [0, 0.05) is 38.4 Å². The number of benzene rings is 1. The van der Waals surface area contributed by atoms with Crippen molar-refractivity contribution in [1.29, 1.82) is 0 Å². The lowest BCUT2D eigenvalue weighted by Gasteiger charge is -2.32. The van der Waals surface area contributed by atoms with Crippen LogP contribution in [0.3, 0.4) is 0 Å². The first-order chi connectivity index (χ1) is 15.0. The standard InChI is InChI=1S/C22H27FN6OS/c1-12-11-26-19-18(24)20(31-22(19)27-12)21(30)28-15-3-2-13-10-17(16(23)9-14(13)8-15)29-6-4-25-5-7-29/h9-11,15,21,25,28,30H,2-8,24H2,1H3/t15-,21?/m0/s1. The summed E-state index contributed by atoms with van der Waals surface area (Å²) in [6.45, 7) is 5.29. The van der Waals surface area contributed by atoms with Crippen LogP contribution in [0.1, 0.15) is 34.3 Å². The van der Waals surface area contributed by atoms with E-state index in [4.69, 9.17) is 5.73 Å². The average Bonchev–Trinajstić information content (AvgIpc) is 3.09. The zero-order valence-electron chi connectivity index (χ0n) is 17.5. The van der Waals surface area contributed by atoms with Gasteiger partial charge in [-0.2, -0.15) is 0 Å². The highest BCUT2D eigenvalue weighted by molar-refractivity contribution is 7.19. The van der Waals surface area contributed by atoms with Gasteiger partial charge in [0.25, 0.3) is 0 Å². The second kappa shape index (κ2) is 8.31. The number of halogens is 1. The number of anilines is 2. The number of rotatable bonds is 4. The lowest BCUT2D eigenvalue weighted by molar-refractivity contribution is 0.124. The van der Waals surface area contributed by atoms with Crippen molar-refractivity contribution < 1.29 is 9.50 Å². The third-order valence-corrected chi connectivity index (χ3v) is 7.33. The molecule has 0 bridgehead atoms. The van der Waals surface area contributed by atoms with Crippen molar-refractivity contribution in [2.24, 2.45) is 0 Å². The van der Waals surface area contributed by atoms with Gasteiger partial charge in [0.05, 0.1) is 21.9 Å². The van der Waals surface area contributed by atoms with Crippen LogP contribution in [-0.2, 0) is 12.8 Å². The van der Waals surface area contributed by atoms with Crippen molar-refractivity contribution >= 4 is 33.1 Å². The Hall–Kier alpha value is -2.33. The van der Waals surface area contributed by atoms with E-state index in [0.717, 1.165) is 55.1 Å². The van der Waals surface area contributed by atoms with Crippen LogP contribution < -0.4 is 21.3 Å². The number of hydrogen-bond acceptors (Lipinski definition) is 8. The fourth-order valence-electron chi connectivity index (χ4n) is 4.55. The first-order valence-corrected chi connectivity index (χ1v) is 11.5. The quantitative estimate of drug-likeness (QED) is 0.460. The summed E-state index contributed by atoms with van der Waals surface area (Å²) in [7, 11) is 0. The van der Waals surface area contributed by atoms with E-state index in [1.54, 1.807) is 12.3 Å². The highest BCUT2D eigenvalue weighted by Gasteiger charge is 2.26. The van der Waals surface area contributed by atoms with Gasteiger partial charge in [-0.05, 0) is 49.4 Å². The SMILES string of the molecule is Cc1cnc2c(N)c(C(O)N[C@H]3CCc4cc(N5CCNCC5)c(F)cc4C3)sc2n1. The monoisotopic (exact) mass is 442 g/mol. The molecule has 5 rings (SSSR count). The molecule has 1 aliphatic carbocycles. The molecule has 7 nitrogen and oxygen atoms in total. The van der Waals surface area contributed by atoms with E-state index in [-0.39, 0.29) is 11.9 Å². The molecule has 5 N–H and O–H groups in total. The van der Waals surface area contributed by atoms with Gasteiger partial charge in [0.15, 0.2) is 0 Å². The third kappa shape index (κ3) is 3.98. The van der Waals surface area contributed by atoms with E-state index >= 15 is 0 Å². The minimum atomic E-state index is -0.905. The summed E-state index contributed by atoms with van der Waals surface area (Å²) in [5.41, 5.74) is 11.1. The van der Waals surface area contributed by atoms with Crippen LogP contribution in [0.25, 0.3) is 10.3 Å². The Morgan fingerprint density at radius 1 is 1.32 bits per heavy atom. The Bertz CT molecular complexity index is 1110. The second-order valence-corrected chi connectivity index (χ2v) is 9.39. The van der Waals surface area contributed by atoms with Gasteiger partial charge in [-0.3, -0.25) is 5.32 Å². The van der Waals surface area contributed by atoms with Crippen LogP contribution >= 0.6 is 11.3 Å². The Balaban J connectivity index is 1.32. The first-order valence-electron chi connectivity index (χ1n) is 10.7. The lowest BCUT2D eigenvalue weighted by atomic mass is 9.87. The molecule has 2 aliphatic rings. The molecule has 1 fully saturated rings. The number of aliphatic hydroxyl groups is 1. The molecular weight excluding hydrogens is 415 g/mol. The number of piperazine rings is 1. The number of hydrogen-bond donors (Lipinski definition) is 4. The number of nitrogens with one attached hydrogen (secondary N) is 2. The van der Waals surface area contributed by atoms with Gasteiger partial charge in [0.1, 0.15) is 22.4 Å². The van der Waals surface area contributed by atoms with Gasteiger partial charge in [-0.15, -0.1) is 11.3 Å². The smallest absolute Gasteiger partial charge is 0.146 e. The molecule has 3 aromatic rings. The van der Waals surface area contributed by atoms with Crippen LogP contribution in [0.5, 0.6) is 0 Å². The molecule has 164 valence electrons. The maximum absolute atomic E-state index is 14.9. The highest BCUT2D eigenvalue weighted by Crippen LogP contribution is 2.36. The minimum absolute atomic E-state index is 0.0409. The fourth-order valence-corrected chi connectivity index (χ4v) is 5.59. The maximum Gasteiger partial charge on any atom is 0.146 e. The number of fused-ring (bicyclic) bond motifs is 2. The van der Waals surface area contributed by atoms with Gasteiger partial charge in [0.2, 0.25) is 0 Å². The molecule has 2 atom stereocenters. The largest absolute Gasteiger partial charge is 0.396 e. The minimum Gasteiger partial charge on any atom is -0.396 e. The molecular formula is C22H27FN6OS. The van der Waals surface area contributed by atoms with Gasteiger partial charge in [-0.25, -0.2) is 14.4 Å². The van der Waals surface area contributed by atoms with E-state index in [2.05, 4.69) is 25.5 Å². The lowest BCUT2D eigenvalue weighted by Crippen LogP contribution is -2.44. The van der Waals surface area contributed by atoms with E-state index in [1.165, 1.54) is 16.9 Å². The number of nitrogens with zero attached hydrogens (tertiary/aromatic N) is 3. The molecule has 0 amide bonds. The van der Waals surface area contributed by atoms with E-state index < -0.39 is 6.23 Å². The Labute approximate surface area is 184 Å².